The van der Waals surface area contributed by atoms with Crippen LogP contribution in [0, 0.1) is 0 Å². The van der Waals surface area contributed by atoms with Gasteiger partial charge in [0.05, 0.1) is 0 Å². The topological polar surface area (TPSA) is 72.9 Å². The first-order chi connectivity index (χ1) is 13.7. The van der Waals surface area contributed by atoms with E-state index in [1.807, 2.05) is 36.5 Å². The van der Waals surface area contributed by atoms with Gasteiger partial charge in [0.25, 0.3) is 5.91 Å². The number of pyridine rings is 1. The van der Waals surface area contributed by atoms with Gasteiger partial charge in [-0.1, -0.05) is 22.0 Å². The lowest BCUT2D eigenvalue weighted by atomic mass is 10.2. The van der Waals surface area contributed by atoms with Crippen molar-refractivity contribution in [3.05, 3.63) is 58.7 Å². The molecular formula is C20H25BrN6O. The molecule has 0 bridgehead atoms. The molecule has 1 aliphatic rings. The minimum absolute atomic E-state index is 0.0757. The van der Waals surface area contributed by atoms with Gasteiger partial charge in [-0.3, -0.25) is 9.79 Å². The van der Waals surface area contributed by atoms with Gasteiger partial charge in [0.1, 0.15) is 5.82 Å². The average Bonchev–Trinajstić information content (AvgIpc) is 2.75. The van der Waals surface area contributed by atoms with Crippen LogP contribution in [0.3, 0.4) is 0 Å². The molecule has 1 aromatic carbocycles. The molecule has 1 aromatic heterocycles. The highest BCUT2D eigenvalue weighted by molar-refractivity contribution is 9.10. The number of benzene rings is 1. The Balaban J connectivity index is 1.40. The summed E-state index contributed by atoms with van der Waals surface area (Å²) in [5.74, 6) is 1.80. The van der Waals surface area contributed by atoms with Crippen molar-refractivity contribution in [3.8, 4) is 0 Å². The number of halogens is 1. The van der Waals surface area contributed by atoms with Gasteiger partial charge in [-0.25, -0.2) is 4.98 Å². The number of carbonyl (C=O) groups excluding carboxylic acids is 1. The molecule has 0 spiro atoms. The molecule has 28 heavy (non-hydrogen) atoms. The predicted molar refractivity (Wildman–Crippen MR) is 116 cm³/mol. The fourth-order valence-corrected chi connectivity index (χ4v) is 3.34. The van der Waals surface area contributed by atoms with E-state index in [4.69, 9.17) is 0 Å². The van der Waals surface area contributed by atoms with Crippen LogP contribution in [0.4, 0.5) is 5.82 Å². The normalized spacial score (nSPS) is 14.7. The average molecular weight is 445 g/mol. The van der Waals surface area contributed by atoms with Crippen molar-refractivity contribution in [2.24, 2.45) is 4.99 Å². The molecule has 3 rings (SSSR count). The monoisotopic (exact) mass is 444 g/mol. The third-order valence-electron chi connectivity index (χ3n) is 4.56. The Morgan fingerprint density at radius 1 is 1.07 bits per heavy atom. The van der Waals surface area contributed by atoms with Crippen molar-refractivity contribution in [1.82, 2.24) is 20.5 Å². The SMILES string of the molecule is CN=C(NCCNC(=O)c1ccc(Br)cc1)N1CCN(c2ccccn2)CC1. The maximum absolute atomic E-state index is 12.1. The van der Waals surface area contributed by atoms with Crippen molar-refractivity contribution in [2.75, 3.05) is 51.2 Å². The summed E-state index contributed by atoms with van der Waals surface area (Å²) in [6, 6.07) is 13.3. The van der Waals surface area contributed by atoms with E-state index in [9.17, 15) is 4.79 Å². The maximum Gasteiger partial charge on any atom is 0.251 e. The predicted octanol–water partition coefficient (Wildman–Crippen LogP) is 1.97. The Bertz CT molecular complexity index is 788. The highest BCUT2D eigenvalue weighted by atomic mass is 79.9. The summed E-state index contributed by atoms with van der Waals surface area (Å²) in [5, 5.41) is 6.25. The van der Waals surface area contributed by atoms with Gasteiger partial charge in [0.2, 0.25) is 0 Å². The van der Waals surface area contributed by atoms with E-state index in [1.165, 1.54) is 0 Å². The Kier molecular flexibility index (Phi) is 7.25. The van der Waals surface area contributed by atoms with E-state index in [1.54, 1.807) is 19.2 Å². The number of hydrogen-bond acceptors (Lipinski definition) is 4. The second kappa shape index (κ2) is 10.1. The maximum atomic E-state index is 12.1. The van der Waals surface area contributed by atoms with Crippen LogP contribution in [0.25, 0.3) is 0 Å². The zero-order valence-corrected chi connectivity index (χ0v) is 17.5. The molecule has 7 nitrogen and oxygen atoms in total. The number of carbonyl (C=O) groups is 1. The summed E-state index contributed by atoms with van der Waals surface area (Å²) < 4.78 is 0.956. The minimum Gasteiger partial charge on any atom is -0.354 e. The number of nitrogens with one attached hydrogen (secondary N) is 2. The van der Waals surface area contributed by atoms with Gasteiger partial charge in [0, 0.05) is 62.5 Å². The van der Waals surface area contributed by atoms with Crippen molar-refractivity contribution < 1.29 is 4.79 Å². The first kappa shape index (κ1) is 20.1. The van der Waals surface area contributed by atoms with Gasteiger partial charge in [-0.2, -0.15) is 0 Å². The number of nitrogens with zero attached hydrogens (tertiary/aromatic N) is 4. The Morgan fingerprint density at radius 2 is 1.79 bits per heavy atom. The fourth-order valence-electron chi connectivity index (χ4n) is 3.07. The molecular weight excluding hydrogens is 420 g/mol. The molecule has 0 unspecified atom stereocenters. The Morgan fingerprint density at radius 3 is 2.43 bits per heavy atom. The number of aromatic nitrogens is 1. The first-order valence-corrected chi connectivity index (χ1v) is 10.1. The molecule has 148 valence electrons. The van der Waals surface area contributed by atoms with Crippen LogP contribution in [-0.4, -0.2) is 68.1 Å². The number of hydrogen-bond donors (Lipinski definition) is 2. The van der Waals surface area contributed by atoms with Crippen molar-refractivity contribution >= 4 is 33.6 Å². The Labute approximate surface area is 174 Å². The molecule has 0 saturated carbocycles. The summed E-state index contributed by atoms with van der Waals surface area (Å²) in [6.07, 6.45) is 1.82. The molecule has 1 aliphatic heterocycles. The van der Waals surface area contributed by atoms with Gasteiger partial charge >= 0.3 is 0 Å². The van der Waals surface area contributed by atoms with Gasteiger partial charge in [-0.15, -0.1) is 0 Å². The zero-order valence-electron chi connectivity index (χ0n) is 15.9. The zero-order chi connectivity index (χ0) is 19.8. The standard InChI is InChI=1S/C20H25BrN6O/c1-22-20(25-11-10-24-19(28)16-5-7-17(21)8-6-16)27-14-12-26(13-15-27)18-4-2-3-9-23-18/h2-9H,10-15H2,1H3,(H,22,25)(H,24,28). The van der Waals surface area contributed by atoms with E-state index < -0.39 is 0 Å². The number of aliphatic imine (C=N–C) groups is 1. The van der Waals surface area contributed by atoms with E-state index >= 15 is 0 Å². The van der Waals surface area contributed by atoms with Crippen molar-refractivity contribution in [3.63, 3.8) is 0 Å². The van der Waals surface area contributed by atoms with Gasteiger partial charge in [-0.05, 0) is 36.4 Å². The molecule has 2 N–H and O–H groups in total. The van der Waals surface area contributed by atoms with Crippen LogP contribution in [0.1, 0.15) is 10.4 Å². The molecule has 2 heterocycles. The number of guanidine groups is 1. The first-order valence-electron chi connectivity index (χ1n) is 9.33. The largest absolute Gasteiger partial charge is 0.354 e. The van der Waals surface area contributed by atoms with E-state index in [2.05, 4.69) is 46.3 Å². The number of piperazine rings is 1. The molecule has 0 radical (unpaired) electrons. The van der Waals surface area contributed by atoms with E-state index in [0.29, 0.717) is 18.7 Å². The molecule has 0 aliphatic carbocycles. The molecule has 2 aromatic rings. The van der Waals surface area contributed by atoms with Crippen LogP contribution in [-0.2, 0) is 0 Å². The van der Waals surface area contributed by atoms with E-state index in [0.717, 1.165) is 42.4 Å². The number of amides is 1. The third kappa shape index (κ3) is 5.45. The number of anilines is 1. The second-order valence-electron chi connectivity index (χ2n) is 6.40. The molecule has 1 amide bonds. The van der Waals surface area contributed by atoms with Crippen LogP contribution < -0.4 is 15.5 Å². The van der Waals surface area contributed by atoms with Crippen LogP contribution in [0.15, 0.2) is 58.1 Å². The minimum atomic E-state index is -0.0757. The highest BCUT2D eigenvalue weighted by Crippen LogP contribution is 2.12. The lowest BCUT2D eigenvalue weighted by Crippen LogP contribution is -2.53. The molecule has 8 heteroatoms. The lowest BCUT2D eigenvalue weighted by Gasteiger charge is -2.37. The summed E-state index contributed by atoms with van der Waals surface area (Å²) >= 11 is 3.37. The second-order valence-corrected chi connectivity index (χ2v) is 7.31. The summed E-state index contributed by atoms with van der Waals surface area (Å²) in [5.41, 5.74) is 0.651. The summed E-state index contributed by atoms with van der Waals surface area (Å²) in [4.78, 5) is 25.4. The van der Waals surface area contributed by atoms with E-state index in [-0.39, 0.29) is 5.91 Å². The smallest absolute Gasteiger partial charge is 0.251 e. The van der Waals surface area contributed by atoms with Crippen LogP contribution >= 0.6 is 15.9 Å². The third-order valence-corrected chi connectivity index (χ3v) is 5.09. The summed E-state index contributed by atoms with van der Waals surface area (Å²) in [6.45, 7) is 4.70. The van der Waals surface area contributed by atoms with Gasteiger partial charge in [0.15, 0.2) is 5.96 Å². The lowest BCUT2D eigenvalue weighted by molar-refractivity contribution is 0.0954. The number of rotatable bonds is 5. The fraction of sp³-hybridized carbons (Fsp3) is 0.350. The molecule has 1 saturated heterocycles. The Hall–Kier alpha value is -2.61. The van der Waals surface area contributed by atoms with Gasteiger partial charge < -0.3 is 20.4 Å². The van der Waals surface area contributed by atoms with Crippen LogP contribution in [0.2, 0.25) is 0 Å². The molecule has 1 fully saturated rings. The highest BCUT2D eigenvalue weighted by Gasteiger charge is 2.20. The van der Waals surface area contributed by atoms with Crippen molar-refractivity contribution in [2.45, 2.75) is 0 Å². The summed E-state index contributed by atoms with van der Waals surface area (Å²) in [7, 11) is 1.79. The van der Waals surface area contributed by atoms with Crippen LogP contribution in [0.5, 0.6) is 0 Å². The quantitative estimate of drug-likeness (QED) is 0.419. The molecule has 0 atom stereocenters. The van der Waals surface area contributed by atoms with Crippen molar-refractivity contribution in [1.29, 1.82) is 0 Å².